The first-order chi connectivity index (χ1) is 11.5. The molecule has 0 atom stereocenters. The van der Waals surface area contributed by atoms with Gasteiger partial charge < -0.3 is 10.6 Å². The van der Waals surface area contributed by atoms with Gasteiger partial charge in [-0.3, -0.25) is 4.99 Å². The molecule has 8 heteroatoms. The minimum Gasteiger partial charge on any atom is -0.356 e. The fourth-order valence-corrected chi connectivity index (χ4v) is 3.83. The third kappa shape index (κ3) is 7.18. The molecule has 0 bridgehead atoms. The molecule has 0 spiro atoms. The predicted molar refractivity (Wildman–Crippen MR) is 120 cm³/mol. The van der Waals surface area contributed by atoms with E-state index in [4.69, 9.17) is 0 Å². The molecule has 0 unspecified atom stereocenters. The number of nitrogens with one attached hydrogen (secondary N) is 2. The van der Waals surface area contributed by atoms with Crippen molar-refractivity contribution >= 4 is 52.6 Å². The fourth-order valence-electron chi connectivity index (χ4n) is 2.06. The van der Waals surface area contributed by atoms with Gasteiger partial charge >= 0.3 is 0 Å². The number of hydrogen-bond acceptors (Lipinski definition) is 5. The first-order valence-electron chi connectivity index (χ1n) is 8.32. The van der Waals surface area contributed by atoms with E-state index in [1.54, 1.807) is 29.7 Å². The maximum absolute atomic E-state index is 4.66. The Morgan fingerprint density at radius 2 is 1.84 bits per heavy atom. The van der Waals surface area contributed by atoms with Gasteiger partial charge in [0.1, 0.15) is 5.01 Å². The number of rotatable bonds is 7. The number of hydrogen-bond donors (Lipinski definition) is 2. The highest BCUT2D eigenvalue weighted by Gasteiger charge is 2.08. The molecule has 0 fully saturated rings. The number of nitrogens with zero attached hydrogens (tertiary/aromatic N) is 3. The molecule has 0 aliphatic carbocycles. The average Bonchev–Trinajstić information content (AvgIpc) is 3.20. The van der Waals surface area contributed by atoms with Crippen LogP contribution in [0.25, 0.3) is 0 Å². The van der Waals surface area contributed by atoms with Crippen LogP contribution in [0.2, 0.25) is 0 Å². The van der Waals surface area contributed by atoms with Gasteiger partial charge in [-0.2, -0.15) is 0 Å². The Kier molecular flexibility index (Phi) is 9.88. The Morgan fingerprint density at radius 1 is 1.08 bits per heavy atom. The highest BCUT2D eigenvalue weighted by Crippen LogP contribution is 2.19. The molecule has 5 nitrogen and oxygen atoms in total. The highest BCUT2D eigenvalue weighted by atomic mass is 127. The van der Waals surface area contributed by atoms with E-state index >= 15 is 0 Å². The first-order valence-corrected chi connectivity index (χ1v) is 10.1. The van der Waals surface area contributed by atoms with Crippen molar-refractivity contribution in [2.75, 3.05) is 13.6 Å². The van der Waals surface area contributed by atoms with E-state index in [1.807, 2.05) is 0 Å². The molecule has 0 aliphatic heterocycles. The zero-order valence-corrected chi connectivity index (χ0v) is 19.5. The van der Waals surface area contributed by atoms with Crippen molar-refractivity contribution in [3.63, 3.8) is 0 Å². The van der Waals surface area contributed by atoms with E-state index in [-0.39, 0.29) is 24.0 Å². The van der Waals surface area contributed by atoms with Gasteiger partial charge in [0.25, 0.3) is 0 Å². The molecular formula is C17H28IN5S2. The lowest BCUT2D eigenvalue weighted by Crippen LogP contribution is -2.37. The monoisotopic (exact) mass is 493 g/mol. The van der Waals surface area contributed by atoms with Crippen molar-refractivity contribution in [1.82, 2.24) is 20.6 Å². The smallest absolute Gasteiger partial charge is 0.191 e. The van der Waals surface area contributed by atoms with Crippen molar-refractivity contribution < 1.29 is 0 Å². The molecule has 0 aromatic carbocycles. The molecule has 2 heterocycles. The molecule has 2 aromatic heterocycles. The van der Waals surface area contributed by atoms with Crippen molar-refractivity contribution in [3.05, 3.63) is 32.2 Å². The summed E-state index contributed by atoms with van der Waals surface area (Å²) < 4.78 is 0. The summed E-state index contributed by atoms with van der Waals surface area (Å²) in [5, 5.41) is 13.2. The predicted octanol–water partition coefficient (Wildman–Crippen LogP) is 4.37. The number of thiazole rings is 2. The molecule has 2 N–H and O–H groups in total. The molecule has 2 rings (SSSR count). The lowest BCUT2D eigenvalue weighted by Gasteiger charge is -2.10. The summed E-state index contributed by atoms with van der Waals surface area (Å²) in [7, 11) is 1.79. The Balaban J connectivity index is 0.00000312. The van der Waals surface area contributed by atoms with Crippen molar-refractivity contribution in [3.8, 4) is 0 Å². The zero-order chi connectivity index (χ0) is 17.5. The first kappa shape index (κ1) is 22.3. The number of halogens is 1. The Morgan fingerprint density at radius 3 is 2.40 bits per heavy atom. The van der Waals surface area contributed by atoms with Gasteiger partial charge in [0, 0.05) is 36.7 Å². The van der Waals surface area contributed by atoms with Crippen molar-refractivity contribution in [2.24, 2.45) is 4.99 Å². The van der Waals surface area contributed by atoms with Gasteiger partial charge in [0.2, 0.25) is 0 Å². The quantitative estimate of drug-likeness (QED) is 0.342. The summed E-state index contributed by atoms with van der Waals surface area (Å²) in [6, 6.07) is 0. The van der Waals surface area contributed by atoms with Crippen molar-refractivity contribution in [2.45, 2.75) is 52.5 Å². The second-order valence-corrected chi connectivity index (χ2v) is 8.09. The van der Waals surface area contributed by atoms with E-state index in [1.165, 1.54) is 5.01 Å². The Hall–Kier alpha value is -0.740. The van der Waals surface area contributed by atoms with Gasteiger partial charge in [-0.1, -0.05) is 27.7 Å². The second-order valence-electron chi connectivity index (χ2n) is 6.26. The largest absolute Gasteiger partial charge is 0.356 e. The Labute approximate surface area is 175 Å². The zero-order valence-electron chi connectivity index (χ0n) is 15.5. The standard InChI is InChI=1S/C17H27N5S2.HI/c1-11(2)14-10-23-15(22-14)8-20-17(18-5)19-7-6-13-9-24-16(21-13)12(3)4;/h9-12H,6-8H2,1-5H3,(H2,18,19,20);1H. The maximum Gasteiger partial charge on any atom is 0.191 e. The number of aliphatic imine (C=N–C) groups is 1. The maximum atomic E-state index is 4.66. The number of aromatic nitrogens is 2. The van der Waals surface area contributed by atoms with Crippen LogP contribution in [0.15, 0.2) is 15.8 Å². The van der Waals surface area contributed by atoms with Crippen LogP contribution in [0.5, 0.6) is 0 Å². The molecule has 0 amide bonds. The van der Waals surface area contributed by atoms with Gasteiger partial charge in [-0.05, 0) is 5.92 Å². The normalized spacial score (nSPS) is 11.7. The summed E-state index contributed by atoms with van der Waals surface area (Å²) in [6.45, 7) is 10.2. The minimum atomic E-state index is 0. The highest BCUT2D eigenvalue weighted by molar-refractivity contribution is 14.0. The van der Waals surface area contributed by atoms with Crippen molar-refractivity contribution in [1.29, 1.82) is 0 Å². The molecule has 2 aromatic rings. The summed E-state index contributed by atoms with van der Waals surface area (Å²) in [6.07, 6.45) is 0.901. The third-order valence-corrected chi connectivity index (χ3v) is 5.59. The van der Waals surface area contributed by atoms with Crippen LogP contribution in [0, 0.1) is 0 Å². The molecular weight excluding hydrogens is 465 g/mol. The Bertz CT molecular complexity index is 664. The van der Waals surface area contributed by atoms with Crippen LogP contribution < -0.4 is 10.6 Å². The average molecular weight is 493 g/mol. The van der Waals surface area contributed by atoms with E-state index in [0.29, 0.717) is 18.4 Å². The topological polar surface area (TPSA) is 62.2 Å². The van der Waals surface area contributed by atoms with Gasteiger partial charge in [-0.15, -0.1) is 46.7 Å². The summed E-state index contributed by atoms with van der Waals surface area (Å²) in [4.78, 5) is 13.5. The molecule has 0 saturated carbocycles. The van der Waals surface area contributed by atoms with Crippen LogP contribution in [0.4, 0.5) is 0 Å². The van der Waals surface area contributed by atoms with E-state index < -0.39 is 0 Å². The van der Waals surface area contributed by atoms with Crippen LogP contribution in [-0.2, 0) is 13.0 Å². The molecule has 0 radical (unpaired) electrons. The van der Waals surface area contributed by atoms with Gasteiger partial charge in [0.05, 0.1) is 22.9 Å². The van der Waals surface area contributed by atoms with E-state index in [2.05, 4.69) is 64.0 Å². The molecule has 0 saturated heterocycles. The lowest BCUT2D eigenvalue weighted by molar-refractivity contribution is 0.768. The molecule has 140 valence electrons. The third-order valence-electron chi connectivity index (χ3n) is 3.53. The minimum absolute atomic E-state index is 0. The molecule has 0 aliphatic rings. The van der Waals surface area contributed by atoms with E-state index in [9.17, 15) is 0 Å². The summed E-state index contributed by atoms with van der Waals surface area (Å²) in [5.41, 5.74) is 2.30. The fraction of sp³-hybridized carbons (Fsp3) is 0.588. The van der Waals surface area contributed by atoms with E-state index in [0.717, 1.165) is 35.3 Å². The summed E-state index contributed by atoms with van der Waals surface area (Å²) >= 11 is 3.43. The second kappa shape index (κ2) is 11.1. The molecule has 25 heavy (non-hydrogen) atoms. The van der Waals surface area contributed by atoms with Crippen LogP contribution in [-0.4, -0.2) is 29.5 Å². The SMILES string of the molecule is CN=C(NCCc1csc(C(C)C)n1)NCc1nc(C(C)C)cs1.I. The van der Waals surface area contributed by atoms with Gasteiger partial charge in [-0.25, -0.2) is 9.97 Å². The number of guanidine groups is 1. The van der Waals surface area contributed by atoms with Crippen LogP contribution >= 0.6 is 46.7 Å². The lowest BCUT2D eigenvalue weighted by atomic mass is 10.2. The van der Waals surface area contributed by atoms with Crippen LogP contribution in [0.1, 0.15) is 60.9 Å². The van der Waals surface area contributed by atoms with Gasteiger partial charge in [0.15, 0.2) is 5.96 Å². The van der Waals surface area contributed by atoms with Crippen LogP contribution in [0.3, 0.4) is 0 Å². The summed E-state index contributed by atoms with van der Waals surface area (Å²) in [5.74, 6) is 1.78.